The normalized spacial score (nSPS) is 10.6. The van der Waals surface area contributed by atoms with Gasteiger partial charge >= 0.3 is 7.12 Å². The van der Waals surface area contributed by atoms with E-state index in [2.05, 4.69) is 5.48 Å². The average molecular weight is 357 g/mol. The zero-order valence-electron chi connectivity index (χ0n) is 14.5. The fourth-order valence-corrected chi connectivity index (χ4v) is 2.14. The number of nitrogens with one attached hydrogen (secondary N) is 1. The van der Waals surface area contributed by atoms with Crippen molar-refractivity contribution in [3.63, 3.8) is 0 Å². The van der Waals surface area contributed by atoms with Crippen molar-refractivity contribution in [2.45, 2.75) is 6.61 Å². The van der Waals surface area contributed by atoms with Crippen LogP contribution >= 0.6 is 0 Å². The number of methoxy groups -OCH3 is 2. The number of ether oxygens (including phenoxy) is 2. The number of amides is 1. The predicted molar refractivity (Wildman–Crippen MR) is 97.8 cm³/mol. The SMILES string of the molecule is COc1ccc(/C=C/C(=O)NOCc2ccc(B(O)O)cc2)cc1OC. The van der Waals surface area contributed by atoms with Crippen LogP contribution in [0.25, 0.3) is 6.08 Å². The van der Waals surface area contributed by atoms with Crippen molar-refractivity contribution < 1.29 is 29.2 Å². The largest absolute Gasteiger partial charge is 0.493 e. The molecule has 0 unspecified atom stereocenters. The van der Waals surface area contributed by atoms with Gasteiger partial charge in [0.25, 0.3) is 5.91 Å². The lowest BCUT2D eigenvalue weighted by Gasteiger charge is -2.07. The predicted octanol–water partition coefficient (Wildman–Crippen LogP) is 0.645. The lowest BCUT2D eigenvalue weighted by atomic mass is 9.80. The Hall–Kier alpha value is -2.81. The molecule has 3 N–H and O–H groups in total. The van der Waals surface area contributed by atoms with E-state index >= 15 is 0 Å². The van der Waals surface area contributed by atoms with Crippen LogP contribution < -0.4 is 20.4 Å². The quantitative estimate of drug-likeness (QED) is 0.365. The maximum absolute atomic E-state index is 11.8. The van der Waals surface area contributed by atoms with Gasteiger partial charge in [0.2, 0.25) is 0 Å². The summed E-state index contributed by atoms with van der Waals surface area (Å²) in [5.41, 5.74) is 4.24. The molecule has 2 rings (SSSR count). The Morgan fingerprint density at radius 1 is 1.08 bits per heavy atom. The second-order valence-electron chi connectivity index (χ2n) is 5.32. The molecule has 0 spiro atoms. The van der Waals surface area contributed by atoms with Crippen LogP contribution in [0.2, 0.25) is 0 Å². The zero-order valence-corrected chi connectivity index (χ0v) is 14.5. The third-order valence-electron chi connectivity index (χ3n) is 3.52. The Balaban J connectivity index is 1.83. The van der Waals surface area contributed by atoms with Gasteiger partial charge in [-0.2, -0.15) is 0 Å². The molecular formula is C18H20BNO6. The minimum Gasteiger partial charge on any atom is -0.493 e. The maximum Gasteiger partial charge on any atom is 0.488 e. The summed E-state index contributed by atoms with van der Waals surface area (Å²) < 4.78 is 10.4. The number of hydrogen-bond acceptors (Lipinski definition) is 6. The monoisotopic (exact) mass is 357 g/mol. The van der Waals surface area contributed by atoms with Crippen molar-refractivity contribution >= 4 is 24.6 Å². The van der Waals surface area contributed by atoms with Gasteiger partial charge in [0.1, 0.15) is 0 Å². The molecule has 0 saturated carbocycles. The first kappa shape index (κ1) is 19.5. The standard InChI is InChI=1S/C18H20BNO6/c1-24-16-9-5-13(11-17(16)25-2)6-10-18(21)20-26-12-14-3-7-15(8-4-14)19(22)23/h3-11,22-23H,12H2,1-2H3,(H,20,21)/b10-6+. The minimum absolute atomic E-state index is 0.151. The molecule has 0 aliphatic heterocycles. The highest BCUT2D eigenvalue weighted by molar-refractivity contribution is 6.58. The van der Waals surface area contributed by atoms with E-state index in [0.717, 1.165) is 11.1 Å². The summed E-state index contributed by atoms with van der Waals surface area (Å²) in [6, 6.07) is 11.8. The Bertz CT molecular complexity index is 761. The highest BCUT2D eigenvalue weighted by Gasteiger charge is 2.09. The molecule has 0 atom stereocenters. The Morgan fingerprint density at radius 2 is 1.77 bits per heavy atom. The molecule has 0 bridgehead atoms. The van der Waals surface area contributed by atoms with Gasteiger partial charge < -0.3 is 19.5 Å². The molecule has 26 heavy (non-hydrogen) atoms. The maximum atomic E-state index is 11.8. The number of hydrogen-bond donors (Lipinski definition) is 3. The Kier molecular flexibility index (Phi) is 7.22. The van der Waals surface area contributed by atoms with Gasteiger partial charge in [0.15, 0.2) is 11.5 Å². The van der Waals surface area contributed by atoms with Crippen LogP contribution in [0, 0.1) is 0 Å². The summed E-state index contributed by atoms with van der Waals surface area (Å²) in [4.78, 5) is 16.9. The van der Waals surface area contributed by atoms with Crippen LogP contribution in [-0.4, -0.2) is 37.3 Å². The van der Waals surface area contributed by atoms with Crippen LogP contribution in [0.5, 0.6) is 11.5 Å². The lowest BCUT2D eigenvalue weighted by molar-refractivity contribution is -0.129. The summed E-state index contributed by atoms with van der Waals surface area (Å²) in [5.74, 6) is 0.766. The van der Waals surface area contributed by atoms with Crippen molar-refractivity contribution in [3.05, 3.63) is 59.7 Å². The van der Waals surface area contributed by atoms with Gasteiger partial charge in [-0.15, -0.1) is 0 Å². The second-order valence-corrected chi connectivity index (χ2v) is 5.32. The van der Waals surface area contributed by atoms with Crippen LogP contribution in [0.15, 0.2) is 48.5 Å². The molecule has 0 radical (unpaired) electrons. The summed E-state index contributed by atoms with van der Waals surface area (Å²) in [5, 5.41) is 18.0. The van der Waals surface area contributed by atoms with Gasteiger partial charge in [0.05, 0.1) is 20.8 Å². The van der Waals surface area contributed by atoms with Crippen LogP contribution in [0.1, 0.15) is 11.1 Å². The van der Waals surface area contributed by atoms with E-state index in [1.165, 1.54) is 6.08 Å². The number of carbonyl (C=O) groups excluding carboxylic acids is 1. The molecule has 2 aromatic carbocycles. The molecule has 2 aromatic rings. The highest BCUT2D eigenvalue weighted by atomic mass is 16.6. The van der Waals surface area contributed by atoms with Gasteiger partial charge in [-0.1, -0.05) is 30.3 Å². The Morgan fingerprint density at radius 3 is 2.38 bits per heavy atom. The second kappa shape index (κ2) is 9.62. The van der Waals surface area contributed by atoms with E-state index in [0.29, 0.717) is 17.0 Å². The molecule has 0 aliphatic carbocycles. The van der Waals surface area contributed by atoms with Crippen molar-refractivity contribution in [2.75, 3.05) is 14.2 Å². The van der Waals surface area contributed by atoms with Gasteiger partial charge in [0, 0.05) is 6.08 Å². The van der Waals surface area contributed by atoms with E-state index in [9.17, 15) is 4.79 Å². The van der Waals surface area contributed by atoms with E-state index in [4.69, 9.17) is 24.4 Å². The van der Waals surface area contributed by atoms with Crippen molar-refractivity contribution in [1.82, 2.24) is 5.48 Å². The van der Waals surface area contributed by atoms with Crippen LogP contribution in [0.3, 0.4) is 0 Å². The number of rotatable bonds is 8. The number of hydroxylamine groups is 1. The molecule has 136 valence electrons. The van der Waals surface area contributed by atoms with Crippen molar-refractivity contribution in [2.24, 2.45) is 0 Å². The van der Waals surface area contributed by atoms with Crippen LogP contribution in [0.4, 0.5) is 0 Å². The molecule has 0 fully saturated rings. The van der Waals surface area contributed by atoms with Crippen molar-refractivity contribution in [1.29, 1.82) is 0 Å². The third kappa shape index (κ3) is 5.63. The van der Waals surface area contributed by atoms with E-state index < -0.39 is 13.0 Å². The van der Waals surface area contributed by atoms with E-state index in [1.54, 1.807) is 62.8 Å². The van der Waals surface area contributed by atoms with Gasteiger partial charge in [-0.05, 0) is 34.8 Å². The summed E-state index contributed by atoms with van der Waals surface area (Å²) in [6.45, 7) is 0.151. The van der Waals surface area contributed by atoms with E-state index in [-0.39, 0.29) is 6.61 Å². The fourth-order valence-electron chi connectivity index (χ4n) is 2.14. The molecule has 1 amide bonds. The Labute approximate surface area is 151 Å². The molecule has 0 heterocycles. The van der Waals surface area contributed by atoms with Gasteiger partial charge in [-0.3, -0.25) is 9.63 Å². The van der Waals surface area contributed by atoms with Crippen molar-refractivity contribution in [3.8, 4) is 11.5 Å². The van der Waals surface area contributed by atoms with Gasteiger partial charge in [-0.25, -0.2) is 5.48 Å². The highest BCUT2D eigenvalue weighted by Crippen LogP contribution is 2.27. The first-order valence-corrected chi connectivity index (χ1v) is 7.80. The summed E-state index contributed by atoms with van der Waals surface area (Å²) in [6.07, 6.45) is 2.96. The average Bonchev–Trinajstić information content (AvgIpc) is 2.66. The molecular weight excluding hydrogens is 337 g/mol. The summed E-state index contributed by atoms with van der Waals surface area (Å²) in [7, 11) is 1.59. The lowest BCUT2D eigenvalue weighted by Crippen LogP contribution is -2.29. The first-order chi connectivity index (χ1) is 12.5. The minimum atomic E-state index is -1.51. The molecule has 0 saturated heterocycles. The molecule has 7 nitrogen and oxygen atoms in total. The number of carbonyl (C=O) groups is 1. The fraction of sp³-hybridized carbons (Fsp3) is 0.167. The smallest absolute Gasteiger partial charge is 0.488 e. The number of benzene rings is 2. The van der Waals surface area contributed by atoms with E-state index in [1.807, 2.05) is 0 Å². The topological polar surface area (TPSA) is 97.3 Å². The molecule has 8 heteroatoms. The third-order valence-corrected chi connectivity index (χ3v) is 3.52. The molecule has 0 aliphatic rings. The summed E-state index contributed by atoms with van der Waals surface area (Å²) >= 11 is 0. The first-order valence-electron chi connectivity index (χ1n) is 7.80. The van der Waals surface area contributed by atoms with Crippen LogP contribution in [-0.2, 0) is 16.2 Å². The zero-order chi connectivity index (χ0) is 18.9. The molecule has 0 aromatic heterocycles.